The number of hydrogen-bond acceptors (Lipinski definition) is 2. The summed E-state index contributed by atoms with van der Waals surface area (Å²) in [6, 6.07) is 8.35. The quantitative estimate of drug-likeness (QED) is 0.609. The van der Waals surface area contributed by atoms with Crippen molar-refractivity contribution in [2.75, 3.05) is 6.61 Å². The first kappa shape index (κ1) is 10.5. The van der Waals surface area contributed by atoms with Gasteiger partial charge in [-0.15, -0.1) is 0 Å². The van der Waals surface area contributed by atoms with Crippen LogP contribution < -0.4 is 0 Å². The standard InChI is InChI=1S/C10H12OS2/c1-8-3-2-4-9(7-8)5-6-11-10(12)13/h2-4,7H,5-6H2,1H3,(H,12,13). The van der Waals surface area contributed by atoms with Crippen LogP contribution in [0.25, 0.3) is 0 Å². The largest absolute Gasteiger partial charge is 0.478 e. The van der Waals surface area contributed by atoms with Gasteiger partial charge in [-0.1, -0.05) is 42.5 Å². The third kappa shape index (κ3) is 4.29. The highest BCUT2D eigenvalue weighted by molar-refractivity contribution is 8.10. The molecule has 0 aromatic heterocycles. The fourth-order valence-corrected chi connectivity index (χ4v) is 1.30. The van der Waals surface area contributed by atoms with Gasteiger partial charge in [0.25, 0.3) is 0 Å². The fraction of sp³-hybridized carbons (Fsp3) is 0.300. The SMILES string of the molecule is Cc1cccc(CCOC(=S)S)c1. The van der Waals surface area contributed by atoms with Gasteiger partial charge in [-0.2, -0.15) is 0 Å². The molecular weight excluding hydrogens is 200 g/mol. The van der Waals surface area contributed by atoms with Crippen LogP contribution in [-0.4, -0.2) is 11.0 Å². The van der Waals surface area contributed by atoms with E-state index in [1.165, 1.54) is 11.1 Å². The van der Waals surface area contributed by atoms with Crippen LogP contribution in [0.4, 0.5) is 0 Å². The van der Waals surface area contributed by atoms with Crippen molar-refractivity contribution >= 4 is 29.2 Å². The minimum Gasteiger partial charge on any atom is -0.478 e. The van der Waals surface area contributed by atoms with Crippen molar-refractivity contribution in [3.63, 3.8) is 0 Å². The van der Waals surface area contributed by atoms with Crippen molar-refractivity contribution in [2.45, 2.75) is 13.3 Å². The van der Waals surface area contributed by atoms with E-state index in [0.717, 1.165) is 6.42 Å². The predicted molar refractivity (Wildman–Crippen MR) is 62.4 cm³/mol. The number of thiol groups is 1. The van der Waals surface area contributed by atoms with Gasteiger partial charge in [-0.25, -0.2) is 0 Å². The highest BCUT2D eigenvalue weighted by Gasteiger charge is 1.94. The molecule has 0 heterocycles. The van der Waals surface area contributed by atoms with Gasteiger partial charge >= 0.3 is 0 Å². The van der Waals surface area contributed by atoms with Crippen molar-refractivity contribution in [1.29, 1.82) is 0 Å². The Morgan fingerprint density at radius 2 is 2.31 bits per heavy atom. The summed E-state index contributed by atoms with van der Waals surface area (Å²) in [6.45, 7) is 2.68. The number of benzene rings is 1. The summed E-state index contributed by atoms with van der Waals surface area (Å²) >= 11 is 8.55. The summed E-state index contributed by atoms with van der Waals surface area (Å²) in [5.74, 6) is 0. The third-order valence-electron chi connectivity index (χ3n) is 1.70. The molecule has 1 aromatic carbocycles. The summed E-state index contributed by atoms with van der Waals surface area (Å²) in [4.78, 5) is 0. The van der Waals surface area contributed by atoms with Crippen LogP contribution in [0.5, 0.6) is 0 Å². The number of hydrogen-bond donors (Lipinski definition) is 1. The van der Waals surface area contributed by atoms with E-state index in [4.69, 9.17) is 4.74 Å². The van der Waals surface area contributed by atoms with Gasteiger partial charge in [-0.05, 0) is 24.7 Å². The molecule has 3 heteroatoms. The van der Waals surface area contributed by atoms with Crippen molar-refractivity contribution in [3.05, 3.63) is 35.4 Å². The molecule has 1 rings (SSSR count). The Labute approximate surface area is 89.5 Å². The topological polar surface area (TPSA) is 9.23 Å². The molecule has 0 fully saturated rings. The zero-order valence-corrected chi connectivity index (χ0v) is 9.20. The van der Waals surface area contributed by atoms with E-state index in [1.807, 2.05) is 6.07 Å². The molecule has 0 radical (unpaired) electrons. The van der Waals surface area contributed by atoms with E-state index in [-0.39, 0.29) is 0 Å². The van der Waals surface area contributed by atoms with Crippen LogP contribution in [0.15, 0.2) is 24.3 Å². The van der Waals surface area contributed by atoms with E-state index in [1.54, 1.807) is 0 Å². The third-order valence-corrected chi connectivity index (χ3v) is 1.95. The molecule has 0 spiro atoms. The molecule has 0 atom stereocenters. The first-order valence-electron chi connectivity index (χ1n) is 4.10. The van der Waals surface area contributed by atoms with Crippen LogP contribution in [0, 0.1) is 6.92 Å². The van der Waals surface area contributed by atoms with Crippen molar-refractivity contribution in [3.8, 4) is 0 Å². The summed E-state index contributed by atoms with van der Waals surface area (Å²) in [5, 5.41) is 0. The Morgan fingerprint density at radius 1 is 1.54 bits per heavy atom. The molecule has 0 unspecified atom stereocenters. The molecule has 13 heavy (non-hydrogen) atoms. The van der Waals surface area contributed by atoms with E-state index in [9.17, 15) is 0 Å². The van der Waals surface area contributed by atoms with Crippen molar-refractivity contribution < 1.29 is 4.74 Å². The number of rotatable bonds is 3. The lowest BCUT2D eigenvalue weighted by Crippen LogP contribution is -1.99. The smallest absolute Gasteiger partial charge is 0.216 e. The highest BCUT2D eigenvalue weighted by atomic mass is 32.1. The average molecular weight is 212 g/mol. The molecule has 0 saturated heterocycles. The Morgan fingerprint density at radius 3 is 2.92 bits per heavy atom. The van der Waals surface area contributed by atoms with Crippen LogP contribution in [0.1, 0.15) is 11.1 Å². The van der Waals surface area contributed by atoms with E-state index in [0.29, 0.717) is 11.0 Å². The molecule has 0 aliphatic carbocycles. The second-order valence-corrected chi connectivity index (χ2v) is 3.93. The van der Waals surface area contributed by atoms with Crippen LogP contribution in [-0.2, 0) is 11.2 Å². The summed E-state index contributed by atoms with van der Waals surface area (Å²) in [6.07, 6.45) is 0.877. The van der Waals surface area contributed by atoms with Crippen LogP contribution in [0.2, 0.25) is 0 Å². The van der Waals surface area contributed by atoms with E-state index < -0.39 is 0 Å². The maximum absolute atomic E-state index is 5.08. The second-order valence-electron chi connectivity index (χ2n) is 2.85. The lowest BCUT2D eigenvalue weighted by Gasteiger charge is -2.03. The lowest BCUT2D eigenvalue weighted by molar-refractivity contribution is 0.327. The first-order valence-corrected chi connectivity index (χ1v) is 4.95. The molecule has 0 aliphatic heterocycles. The number of aryl methyl sites for hydroxylation is 1. The highest BCUT2D eigenvalue weighted by Crippen LogP contribution is 2.04. The van der Waals surface area contributed by atoms with E-state index >= 15 is 0 Å². The fourth-order valence-electron chi connectivity index (χ4n) is 1.12. The maximum Gasteiger partial charge on any atom is 0.216 e. The van der Waals surface area contributed by atoms with Crippen molar-refractivity contribution in [1.82, 2.24) is 0 Å². The molecule has 70 valence electrons. The predicted octanol–water partition coefficient (Wildman–Crippen LogP) is 2.77. The second kappa shape index (κ2) is 5.25. The summed E-state index contributed by atoms with van der Waals surface area (Å²) in [5.41, 5.74) is 2.54. The molecule has 0 aliphatic rings. The minimum absolute atomic E-state index is 0.313. The Bertz CT molecular complexity index is 297. The van der Waals surface area contributed by atoms with Gasteiger partial charge in [0.15, 0.2) is 0 Å². The normalized spacial score (nSPS) is 9.69. The van der Waals surface area contributed by atoms with Gasteiger partial charge in [-0.3, -0.25) is 0 Å². The van der Waals surface area contributed by atoms with Gasteiger partial charge < -0.3 is 4.74 Å². The van der Waals surface area contributed by atoms with Crippen LogP contribution in [0.3, 0.4) is 0 Å². The van der Waals surface area contributed by atoms with E-state index in [2.05, 4.69) is 50.0 Å². The molecule has 0 amide bonds. The van der Waals surface area contributed by atoms with Gasteiger partial charge in [0.05, 0.1) is 6.61 Å². The maximum atomic E-state index is 5.08. The molecule has 0 saturated carbocycles. The zero-order valence-electron chi connectivity index (χ0n) is 7.49. The van der Waals surface area contributed by atoms with Crippen molar-refractivity contribution in [2.24, 2.45) is 0 Å². The number of ether oxygens (including phenoxy) is 1. The lowest BCUT2D eigenvalue weighted by atomic mass is 10.1. The van der Waals surface area contributed by atoms with Gasteiger partial charge in [0.2, 0.25) is 4.38 Å². The molecule has 0 N–H and O–H groups in total. The summed E-state index contributed by atoms with van der Waals surface area (Å²) in [7, 11) is 0. The molecule has 1 nitrogen and oxygen atoms in total. The molecule has 0 bridgehead atoms. The summed E-state index contributed by atoms with van der Waals surface area (Å²) < 4.78 is 5.39. The Hall–Kier alpha value is -0.540. The monoisotopic (exact) mass is 212 g/mol. The average Bonchev–Trinajstić information content (AvgIpc) is 2.03. The zero-order chi connectivity index (χ0) is 9.68. The minimum atomic E-state index is 0.313. The van der Waals surface area contributed by atoms with Gasteiger partial charge in [0, 0.05) is 6.42 Å². The molecular formula is C10H12OS2. The Kier molecular flexibility index (Phi) is 4.25. The first-order chi connectivity index (χ1) is 6.18. The molecule has 1 aromatic rings. The van der Waals surface area contributed by atoms with Crippen LogP contribution >= 0.6 is 24.8 Å². The Balaban J connectivity index is 2.41. The number of thiocarbonyl (C=S) groups is 1. The van der Waals surface area contributed by atoms with Gasteiger partial charge in [0.1, 0.15) is 0 Å².